The summed E-state index contributed by atoms with van der Waals surface area (Å²) in [7, 11) is 1.82. The topological polar surface area (TPSA) is 88.9 Å². The third-order valence-electron chi connectivity index (χ3n) is 3.02. The molecule has 1 unspecified atom stereocenters. The number of rotatable bonds is 5. The van der Waals surface area contributed by atoms with Gasteiger partial charge in [0, 0.05) is 12.6 Å². The summed E-state index contributed by atoms with van der Waals surface area (Å²) in [6.07, 6.45) is 0. The van der Waals surface area contributed by atoms with E-state index in [2.05, 4.69) is 20.9 Å². The SMILES string of the molecule is CNC(C)CNC(=O)Cn1nnc2ccccc2c1=O. The van der Waals surface area contributed by atoms with E-state index >= 15 is 0 Å². The molecule has 0 radical (unpaired) electrons. The molecule has 1 aromatic heterocycles. The van der Waals surface area contributed by atoms with Gasteiger partial charge in [-0.2, -0.15) is 0 Å². The number of nitrogens with one attached hydrogen (secondary N) is 2. The van der Waals surface area contributed by atoms with Gasteiger partial charge in [0.25, 0.3) is 5.56 Å². The molecule has 0 fully saturated rings. The summed E-state index contributed by atoms with van der Waals surface area (Å²) in [5.74, 6) is -0.265. The molecule has 0 spiro atoms. The Bertz CT molecular complexity index is 667. The normalized spacial score (nSPS) is 12.3. The van der Waals surface area contributed by atoms with Crippen LogP contribution in [0.2, 0.25) is 0 Å². The Morgan fingerprint density at radius 2 is 2.15 bits per heavy atom. The quantitative estimate of drug-likeness (QED) is 0.769. The van der Waals surface area contributed by atoms with E-state index in [4.69, 9.17) is 0 Å². The van der Waals surface area contributed by atoms with Crippen LogP contribution in [0.25, 0.3) is 10.9 Å². The molecule has 0 aliphatic carbocycles. The number of amides is 1. The first-order chi connectivity index (χ1) is 9.61. The zero-order chi connectivity index (χ0) is 14.5. The monoisotopic (exact) mass is 275 g/mol. The van der Waals surface area contributed by atoms with E-state index < -0.39 is 0 Å². The van der Waals surface area contributed by atoms with Crippen LogP contribution in [0.1, 0.15) is 6.92 Å². The second-order valence-electron chi connectivity index (χ2n) is 4.56. The predicted molar refractivity (Wildman–Crippen MR) is 75.3 cm³/mol. The van der Waals surface area contributed by atoms with Gasteiger partial charge in [0.2, 0.25) is 5.91 Å². The van der Waals surface area contributed by atoms with Crippen LogP contribution in [0.5, 0.6) is 0 Å². The second-order valence-corrected chi connectivity index (χ2v) is 4.56. The van der Waals surface area contributed by atoms with E-state index in [9.17, 15) is 9.59 Å². The Kier molecular flexibility index (Phi) is 4.41. The number of carbonyl (C=O) groups excluding carboxylic acids is 1. The molecular weight excluding hydrogens is 258 g/mol. The average Bonchev–Trinajstić information content (AvgIpc) is 2.48. The van der Waals surface area contributed by atoms with Crippen LogP contribution in [0.3, 0.4) is 0 Å². The van der Waals surface area contributed by atoms with Crippen LogP contribution in [0.4, 0.5) is 0 Å². The van der Waals surface area contributed by atoms with Gasteiger partial charge < -0.3 is 10.6 Å². The molecule has 106 valence electrons. The minimum absolute atomic E-state index is 0.132. The molecule has 0 saturated heterocycles. The van der Waals surface area contributed by atoms with Gasteiger partial charge in [-0.25, -0.2) is 4.68 Å². The molecule has 7 heteroatoms. The lowest BCUT2D eigenvalue weighted by Gasteiger charge is -2.11. The van der Waals surface area contributed by atoms with Gasteiger partial charge in [-0.1, -0.05) is 17.3 Å². The van der Waals surface area contributed by atoms with Crippen molar-refractivity contribution in [3.05, 3.63) is 34.6 Å². The fraction of sp³-hybridized carbons (Fsp3) is 0.385. The molecule has 0 bridgehead atoms. The fourth-order valence-corrected chi connectivity index (χ4v) is 1.69. The number of aromatic nitrogens is 3. The molecule has 1 aromatic carbocycles. The number of hydrogen-bond donors (Lipinski definition) is 2. The summed E-state index contributed by atoms with van der Waals surface area (Å²) in [6.45, 7) is 2.31. The maximum atomic E-state index is 12.1. The number of hydrogen-bond acceptors (Lipinski definition) is 5. The Morgan fingerprint density at radius 1 is 1.40 bits per heavy atom. The molecule has 2 N–H and O–H groups in total. The van der Waals surface area contributed by atoms with E-state index in [1.165, 1.54) is 0 Å². The van der Waals surface area contributed by atoms with Crippen molar-refractivity contribution in [2.45, 2.75) is 19.5 Å². The summed E-state index contributed by atoms with van der Waals surface area (Å²) < 4.78 is 1.07. The van der Waals surface area contributed by atoms with Gasteiger partial charge >= 0.3 is 0 Å². The first-order valence-electron chi connectivity index (χ1n) is 6.38. The molecule has 0 aliphatic rings. The van der Waals surface area contributed by atoms with Crippen molar-refractivity contribution >= 4 is 16.8 Å². The summed E-state index contributed by atoms with van der Waals surface area (Å²) >= 11 is 0. The van der Waals surface area contributed by atoms with Crippen LogP contribution < -0.4 is 16.2 Å². The smallest absolute Gasteiger partial charge is 0.278 e. The Morgan fingerprint density at radius 3 is 2.90 bits per heavy atom. The van der Waals surface area contributed by atoms with Crippen molar-refractivity contribution in [1.29, 1.82) is 0 Å². The zero-order valence-electron chi connectivity index (χ0n) is 11.5. The highest BCUT2D eigenvalue weighted by Crippen LogP contribution is 2.02. The van der Waals surface area contributed by atoms with E-state index in [0.717, 1.165) is 4.68 Å². The van der Waals surface area contributed by atoms with Crippen LogP contribution in [-0.4, -0.2) is 40.5 Å². The zero-order valence-corrected chi connectivity index (χ0v) is 11.5. The summed E-state index contributed by atoms with van der Waals surface area (Å²) in [4.78, 5) is 23.9. The van der Waals surface area contributed by atoms with Gasteiger partial charge in [0.15, 0.2) is 0 Å². The van der Waals surface area contributed by atoms with Crippen LogP contribution in [0, 0.1) is 0 Å². The Hall–Kier alpha value is -2.28. The van der Waals surface area contributed by atoms with Crippen LogP contribution >= 0.6 is 0 Å². The fourth-order valence-electron chi connectivity index (χ4n) is 1.69. The summed E-state index contributed by atoms with van der Waals surface area (Å²) in [6, 6.07) is 7.09. The molecule has 0 saturated carbocycles. The van der Waals surface area contributed by atoms with Crippen molar-refractivity contribution in [2.24, 2.45) is 0 Å². The van der Waals surface area contributed by atoms with Gasteiger partial charge in [-0.05, 0) is 26.1 Å². The Labute approximate surface area is 116 Å². The first kappa shape index (κ1) is 14.1. The van der Waals surface area contributed by atoms with E-state index in [-0.39, 0.29) is 24.1 Å². The predicted octanol–water partition coefficient (Wildman–Crippen LogP) is -0.484. The van der Waals surface area contributed by atoms with Gasteiger partial charge in [0.1, 0.15) is 12.1 Å². The third-order valence-corrected chi connectivity index (χ3v) is 3.02. The van der Waals surface area contributed by atoms with Crippen LogP contribution in [0.15, 0.2) is 29.1 Å². The van der Waals surface area contributed by atoms with Gasteiger partial charge in [0.05, 0.1) is 5.39 Å². The highest BCUT2D eigenvalue weighted by atomic mass is 16.2. The lowest BCUT2D eigenvalue weighted by Crippen LogP contribution is -2.40. The molecule has 7 nitrogen and oxygen atoms in total. The second kappa shape index (κ2) is 6.25. The molecule has 1 heterocycles. The molecule has 20 heavy (non-hydrogen) atoms. The average molecular weight is 275 g/mol. The number of likely N-dealkylation sites (N-methyl/N-ethyl adjacent to an activating group) is 1. The Balaban J connectivity index is 2.12. The summed E-state index contributed by atoms with van der Waals surface area (Å²) in [5, 5.41) is 13.9. The molecule has 1 atom stereocenters. The van der Waals surface area contributed by atoms with Gasteiger partial charge in [-0.15, -0.1) is 5.10 Å². The molecule has 0 aliphatic heterocycles. The minimum atomic E-state index is -0.313. The lowest BCUT2D eigenvalue weighted by molar-refractivity contribution is -0.122. The van der Waals surface area contributed by atoms with Crippen molar-refractivity contribution in [2.75, 3.05) is 13.6 Å². The van der Waals surface area contributed by atoms with Gasteiger partial charge in [-0.3, -0.25) is 9.59 Å². The van der Waals surface area contributed by atoms with E-state index in [0.29, 0.717) is 17.4 Å². The molecule has 1 amide bonds. The maximum Gasteiger partial charge on any atom is 0.278 e. The first-order valence-corrected chi connectivity index (χ1v) is 6.38. The number of nitrogens with zero attached hydrogens (tertiary/aromatic N) is 3. The summed E-state index contributed by atoms with van der Waals surface area (Å²) in [5.41, 5.74) is 0.213. The minimum Gasteiger partial charge on any atom is -0.353 e. The maximum absolute atomic E-state index is 12.1. The molecule has 2 rings (SSSR count). The van der Waals surface area contributed by atoms with Crippen molar-refractivity contribution in [1.82, 2.24) is 25.6 Å². The largest absolute Gasteiger partial charge is 0.353 e. The third kappa shape index (κ3) is 3.18. The highest BCUT2D eigenvalue weighted by Gasteiger charge is 2.09. The lowest BCUT2D eigenvalue weighted by atomic mass is 10.2. The van der Waals surface area contributed by atoms with Crippen molar-refractivity contribution in [3.63, 3.8) is 0 Å². The number of fused-ring (bicyclic) bond motifs is 1. The number of carbonyl (C=O) groups is 1. The molecular formula is C13H17N5O2. The van der Waals surface area contributed by atoms with E-state index in [1.54, 1.807) is 24.3 Å². The van der Waals surface area contributed by atoms with E-state index in [1.807, 2.05) is 14.0 Å². The molecule has 2 aromatic rings. The van der Waals surface area contributed by atoms with Crippen LogP contribution in [-0.2, 0) is 11.3 Å². The van der Waals surface area contributed by atoms with Crippen molar-refractivity contribution in [3.8, 4) is 0 Å². The number of benzene rings is 1. The standard InChI is InChI=1S/C13H17N5O2/c1-9(14-2)7-15-12(19)8-18-13(20)10-5-3-4-6-11(10)16-17-18/h3-6,9,14H,7-8H2,1-2H3,(H,15,19). The highest BCUT2D eigenvalue weighted by molar-refractivity contribution is 5.78. The van der Waals surface area contributed by atoms with Crippen molar-refractivity contribution < 1.29 is 4.79 Å².